The van der Waals surface area contributed by atoms with Crippen molar-refractivity contribution in [2.45, 2.75) is 90.7 Å². The van der Waals surface area contributed by atoms with Crippen molar-refractivity contribution in [3.8, 4) is 5.75 Å². The van der Waals surface area contributed by atoms with Crippen molar-refractivity contribution in [1.82, 2.24) is 5.32 Å². The summed E-state index contributed by atoms with van der Waals surface area (Å²) in [5.74, 6) is -9.03. The Morgan fingerprint density at radius 1 is 1.05 bits per heavy atom. The number of amides is 1. The van der Waals surface area contributed by atoms with Crippen molar-refractivity contribution < 1.29 is 34.2 Å². The smallest absolute Gasteiger partial charge is 0.238 e. The molecule has 0 radical (unpaired) electrons. The van der Waals surface area contributed by atoms with E-state index in [1.165, 1.54) is 0 Å². The molecule has 1 aromatic rings. The summed E-state index contributed by atoms with van der Waals surface area (Å²) in [5.41, 5.74) is -1.53. The van der Waals surface area contributed by atoms with Gasteiger partial charge in [0.25, 0.3) is 0 Å². The van der Waals surface area contributed by atoms with Crippen LogP contribution in [0, 0.1) is 23.7 Å². The molecule has 200 valence electrons. The average molecular weight is 512 g/mol. The molecule has 8 heteroatoms. The summed E-state index contributed by atoms with van der Waals surface area (Å²) in [7, 11) is 0. The predicted molar refractivity (Wildman–Crippen MR) is 135 cm³/mol. The molecule has 37 heavy (non-hydrogen) atoms. The molecule has 5 atom stereocenters. The van der Waals surface area contributed by atoms with E-state index in [4.69, 9.17) is 0 Å². The molecule has 2 fully saturated rings. The molecule has 2 unspecified atom stereocenters. The van der Waals surface area contributed by atoms with Gasteiger partial charge < -0.3 is 15.5 Å². The molecule has 8 nitrogen and oxygen atoms in total. The Bertz CT molecular complexity index is 1230. The number of aliphatic hydroxyl groups is 1. The van der Waals surface area contributed by atoms with Crippen LogP contribution in [0.15, 0.2) is 6.07 Å². The number of phenolic OH excluding ortho intramolecular Hbond substituents is 1. The third-order valence-electron chi connectivity index (χ3n) is 8.16. The lowest BCUT2D eigenvalue weighted by molar-refractivity contribution is -0.176. The first-order chi connectivity index (χ1) is 16.9. The normalized spacial score (nSPS) is 29.9. The van der Waals surface area contributed by atoms with Crippen LogP contribution in [0.4, 0.5) is 0 Å². The first kappa shape index (κ1) is 27.2. The lowest BCUT2D eigenvalue weighted by atomic mass is 9.53. The van der Waals surface area contributed by atoms with E-state index in [2.05, 4.69) is 5.32 Å². The fourth-order valence-electron chi connectivity index (χ4n) is 6.42. The number of aryl methyl sites for hydroxylation is 1. The van der Waals surface area contributed by atoms with Crippen LogP contribution in [0.1, 0.15) is 88.4 Å². The van der Waals surface area contributed by atoms with Crippen molar-refractivity contribution in [2.75, 3.05) is 0 Å². The van der Waals surface area contributed by atoms with Crippen molar-refractivity contribution in [2.24, 2.45) is 23.7 Å². The highest BCUT2D eigenvalue weighted by molar-refractivity contribution is 6.31. The Labute approximate surface area is 217 Å². The molecular formula is C29H37NO7. The Morgan fingerprint density at radius 3 is 2.22 bits per heavy atom. The second-order valence-electron chi connectivity index (χ2n) is 13.0. The zero-order chi connectivity index (χ0) is 27.8. The SMILES string of the molecule is CCc1cc(C(C)(C)C)c(O)c2c1C[C@H]1C[C@H]3CC(=O)C(C(=O)NC(C)(C)C)C(=O)[C@@]3(O)C(=O)C1C2=O. The number of aromatic hydroxyl groups is 1. The maximum absolute atomic E-state index is 13.9. The quantitative estimate of drug-likeness (QED) is 0.519. The van der Waals surface area contributed by atoms with E-state index in [1.807, 2.05) is 33.8 Å². The standard InChI is InChI=1S/C29H37NO7/c1-8-13-11-17(27(2,3)4)22(32)20-16(13)10-14-9-15-12-18(31)21(26(36)30-28(5,6)7)25(35)29(15,37)24(34)19(14)23(20)33/h11,14-15,19,21,32,37H,8-10,12H2,1-7H3,(H,30,36)/t14-,15+,19?,21?,29+/m1/s1. The van der Waals surface area contributed by atoms with Crippen LogP contribution in [0.2, 0.25) is 0 Å². The molecule has 3 N–H and O–H groups in total. The fraction of sp³-hybridized carbons (Fsp3) is 0.621. The lowest BCUT2D eigenvalue weighted by Crippen LogP contribution is -2.68. The first-order valence-corrected chi connectivity index (χ1v) is 13.0. The molecule has 1 amide bonds. The minimum absolute atomic E-state index is 0.0854. The predicted octanol–water partition coefficient (Wildman–Crippen LogP) is 2.62. The Balaban J connectivity index is 1.79. The van der Waals surface area contributed by atoms with Crippen molar-refractivity contribution in [3.05, 3.63) is 28.3 Å². The number of rotatable bonds is 2. The minimum Gasteiger partial charge on any atom is -0.507 e. The van der Waals surface area contributed by atoms with Crippen LogP contribution in [-0.4, -0.2) is 50.4 Å². The van der Waals surface area contributed by atoms with E-state index in [1.54, 1.807) is 20.8 Å². The van der Waals surface area contributed by atoms with Crippen LogP contribution >= 0.6 is 0 Å². The molecule has 2 saturated carbocycles. The van der Waals surface area contributed by atoms with Gasteiger partial charge in [0, 0.05) is 23.4 Å². The number of hydrogen-bond donors (Lipinski definition) is 3. The third-order valence-corrected chi connectivity index (χ3v) is 8.16. The van der Waals surface area contributed by atoms with Gasteiger partial charge in [0.15, 0.2) is 34.7 Å². The van der Waals surface area contributed by atoms with Crippen molar-refractivity contribution in [3.63, 3.8) is 0 Å². The second kappa shape index (κ2) is 8.58. The van der Waals surface area contributed by atoms with E-state index < -0.39 is 69.3 Å². The van der Waals surface area contributed by atoms with E-state index >= 15 is 0 Å². The van der Waals surface area contributed by atoms with Crippen molar-refractivity contribution in [1.29, 1.82) is 0 Å². The third kappa shape index (κ3) is 4.13. The zero-order valence-corrected chi connectivity index (χ0v) is 22.7. The Kier molecular flexibility index (Phi) is 6.30. The van der Waals surface area contributed by atoms with Gasteiger partial charge in [-0.05, 0) is 62.5 Å². The zero-order valence-electron chi connectivity index (χ0n) is 22.7. The molecule has 3 aliphatic rings. The van der Waals surface area contributed by atoms with Gasteiger partial charge in [0.2, 0.25) is 5.91 Å². The number of ketones is 4. The van der Waals surface area contributed by atoms with Crippen LogP contribution in [0.3, 0.4) is 0 Å². The van der Waals surface area contributed by atoms with Crippen LogP contribution < -0.4 is 5.32 Å². The summed E-state index contributed by atoms with van der Waals surface area (Å²) in [6.07, 6.45) is 0.768. The molecule has 3 aliphatic carbocycles. The molecular weight excluding hydrogens is 474 g/mol. The number of phenols is 1. The average Bonchev–Trinajstić information content (AvgIpc) is 2.74. The molecule has 4 rings (SSSR count). The molecule has 0 aliphatic heterocycles. The van der Waals surface area contributed by atoms with Gasteiger partial charge in [-0.15, -0.1) is 0 Å². The van der Waals surface area contributed by atoms with Gasteiger partial charge in [-0.25, -0.2) is 0 Å². The van der Waals surface area contributed by atoms with Gasteiger partial charge in [-0.3, -0.25) is 24.0 Å². The molecule has 0 heterocycles. The maximum Gasteiger partial charge on any atom is 0.238 e. The topological polar surface area (TPSA) is 138 Å². The van der Waals surface area contributed by atoms with E-state index in [9.17, 15) is 34.2 Å². The highest BCUT2D eigenvalue weighted by Crippen LogP contribution is 2.51. The molecule has 0 spiro atoms. The highest BCUT2D eigenvalue weighted by Gasteiger charge is 2.66. The number of fused-ring (bicyclic) bond motifs is 3. The molecule has 0 saturated heterocycles. The lowest BCUT2D eigenvalue weighted by Gasteiger charge is -2.49. The summed E-state index contributed by atoms with van der Waals surface area (Å²) in [6.45, 7) is 12.8. The summed E-state index contributed by atoms with van der Waals surface area (Å²) in [5, 5.41) is 25.4. The van der Waals surface area contributed by atoms with Crippen molar-refractivity contribution >= 4 is 29.0 Å². The van der Waals surface area contributed by atoms with Gasteiger partial charge >= 0.3 is 0 Å². The number of benzene rings is 1. The monoisotopic (exact) mass is 511 g/mol. The summed E-state index contributed by atoms with van der Waals surface area (Å²) in [6, 6.07) is 1.91. The van der Waals surface area contributed by atoms with Crippen LogP contribution in [0.5, 0.6) is 5.75 Å². The maximum atomic E-state index is 13.9. The number of hydrogen-bond acceptors (Lipinski definition) is 7. The Morgan fingerprint density at radius 2 is 1.68 bits per heavy atom. The summed E-state index contributed by atoms with van der Waals surface area (Å²) in [4.78, 5) is 67.0. The number of nitrogens with one attached hydrogen (secondary N) is 1. The van der Waals surface area contributed by atoms with Gasteiger partial charge in [-0.2, -0.15) is 0 Å². The second-order valence-corrected chi connectivity index (χ2v) is 13.0. The Hall–Kier alpha value is -2.87. The molecule has 0 aromatic heterocycles. The van der Waals surface area contributed by atoms with Gasteiger partial charge in [0.05, 0.1) is 11.5 Å². The van der Waals surface area contributed by atoms with Gasteiger partial charge in [-0.1, -0.05) is 33.8 Å². The minimum atomic E-state index is -2.60. The van der Waals surface area contributed by atoms with Gasteiger partial charge in [0.1, 0.15) is 5.75 Å². The number of carbonyl (C=O) groups excluding carboxylic acids is 5. The van der Waals surface area contributed by atoms with E-state index in [0.717, 1.165) is 5.56 Å². The van der Waals surface area contributed by atoms with Crippen LogP contribution in [-0.2, 0) is 37.4 Å². The van der Waals surface area contributed by atoms with E-state index in [0.29, 0.717) is 24.0 Å². The first-order valence-electron chi connectivity index (χ1n) is 13.0. The van der Waals surface area contributed by atoms with Crippen LogP contribution in [0.25, 0.3) is 0 Å². The fourth-order valence-corrected chi connectivity index (χ4v) is 6.42. The summed E-state index contributed by atoms with van der Waals surface area (Å²) < 4.78 is 0. The number of Topliss-reactive ketones (excluding diaryl/α,β-unsaturated/α-hetero) is 4. The van der Waals surface area contributed by atoms with E-state index in [-0.39, 0.29) is 24.2 Å². The highest BCUT2D eigenvalue weighted by atomic mass is 16.3. The number of carbonyl (C=O) groups is 5. The molecule has 1 aromatic carbocycles. The largest absolute Gasteiger partial charge is 0.507 e. The summed E-state index contributed by atoms with van der Waals surface area (Å²) >= 11 is 0. The molecule has 0 bridgehead atoms.